The van der Waals surface area contributed by atoms with Gasteiger partial charge in [-0.3, -0.25) is 14.5 Å². The lowest BCUT2D eigenvalue weighted by atomic mass is 10.0. The van der Waals surface area contributed by atoms with Gasteiger partial charge in [0.15, 0.2) is 16.4 Å². The normalized spacial score (nSPS) is 26.7. The summed E-state index contributed by atoms with van der Waals surface area (Å²) in [5.74, 6) is 0.427. The number of benzene rings is 1. The number of carbonyl (C=O) groups is 2. The molecule has 3 aliphatic heterocycles. The second-order valence-electron chi connectivity index (χ2n) is 8.35. The number of likely N-dealkylation sites (tertiary alicyclic amines) is 1. The van der Waals surface area contributed by atoms with Crippen LogP contribution in [0.4, 0.5) is 5.69 Å². The number of ether oxygens (including phenoxy) is 1. The van der Waals surface area contributed by atoms with Crippen molar-refractivity contribution in [2.24, 2.45) is 0 Å². The second kappa shape index (κ2) is 8.93. The van der Waals surface area contributed by atoms with Crippen LogP contribution in [0.5, 0.6) is 5.75 Å². The quantitative estimate of drug-likeness (QED) is 0.715. The maximum absolute atomic E-state index is 12.4. The van der Waals surface area contributed by atoms with E-state index in [9.17, 15) is 18.0 Å². The van der Waals surface area contributed by atoms with Crippen molar-refractivity contribution in [1.29, 1.82) is 0 Å². The summed E-state index contributed by atoms with van der Waals surface area (Å²) in [4.78, 5) is 28.2. The third-order valence-electron chi connectivity index (χ3n) is 6.12. The summed E-state index contributed by atoms with van der Waals surface area (Å²) in [5, 5.41) is 2.88. The standard InChI is InChI=1S/C21H29N3O5S/c25-20(13-29-17-8-6-16(7-9-17)24-12-4-5-21(24)26)22-18-14-30(27,28)15-19(18)23-10-2-1-3-11-23/h6-9,18-19H,1-5,10-15H2,(H,22,25). The summed E-state index contributed by atoms with van der Waals surface area (Å²) < 4.78 is 29.9. The number of rotatable bonds is 6. The number of nitrogens with zero attached hydrogens (tertiary/aromatic N) is 2. The number of anilines is 1. The van der Waals surface area contributed by atoms with E-state index in [0.717, 1.165) is 44.6 Å². The number of hydrogen-bond donors (Lipinski definition) is 1. The molecule has 30 heavy (non-hydrogen) atoms. The van der Waals surface area contributed by atoms with Gasteiger partial charge in [0.25, 0.3) is 5.91 Å². The van der Waals surface area contributed by atoms with E-state index < -0.39 is 15.9 Å². The third kappa shape index (κ3) is 4.95. The van der Waals surface area contributed by atoms with E-state index in [2.05, 4.69) is 10.2 Å². The molecule has 0 aromatic heterocycles. The predicted octanol–water partition coefficient (Wildman–Crippen LogP) is 0.960. The molecule has 8 nitrogen and oxygen atoms in total. The van der Waals surface area contributed by atoms with E-state index in [0.29, 0.717) is 12.2 Å². The van der Waals surface area contributed by atoms with Gasteiger partial charge >= 0.3 is 0 Å². The van der Waals surface area contributed by atoms with Gasteiger partial charge in [0.05, 0.1) is 17.5 Å². The van der Waals surface area contributed by atoms with Crippen molar-refractivity contribution < 1.29 is 22.7 Å². The molecule has 3 saturated heterocycles. The van der Waals surface area contributed by atoms with Crippen molar-refractivity contribution in [1.82, 2.24) is 10.2 Å². The Morgan fingerprint density at radius 2 is 1.77 bits per heavy atom. The van der Waals surface area contributed by atoms with Gasteiger partial charge in [-0.05, 0) is 56.6 Å². The van der Waals surface area contributed by atoms with Crippen LogP contribution in [0.15, 0.2) is 24.3 Å². The van der Waals surface area contributed by atoms with Gasteiger partial charge in [0, 0.05) is 24.7 Å². The lowest BCUT2D eigenvalue weighted by Gasteiger charge is -2.34. The van der Waals surface area contributed by atoms with E-state index in [1.54, 1.807) is 17.0 Å². The van der Waals surface area contributed by atoms with E-state index in [1.807, 2.05) is 12.1 Å². The Labute approximate surface area is 177 Å². The zero-order valence-electron chi connectivity index (χ0n) is 17.1. The Bertz CT molecular complexity index is 880. The molecule has 9 heteroatoms. The first kappa shape index (κ1) is 21.1. The second-order valence-corrected chi connectivity index (χ2v) is 10.5. The summed E-state index contributed by atoms with van der Waals surface area (Å²) in [6.07, 6.45) is 4.75. The van der Waals surface area contributed by atoms with Crippen molar-refractivity contribution in [3.05, 3.63) is 24.3 Å². The zero-order chi connectivity index (χ0) is 21.1. The smallest absolute Gasteiger partial charge is 0.258 e. The highest BCUT2D eigenvalue weighted by atomic mass is 32.2. The molecule has 4 rings (SSSR count). The van der Waals surface area contributed by atoms with Gasteiger partial charge in [-0.2, -0.15) is 0 Å². The van der Waals surface area contributed by atoms with E-state index in [1.165, 1.54) is 6.42 Å². The Morgan fingerprint density at radius 1 is 1.03 bits per heavy atom. The highest BCUT2D eigenvalue weighted by molar-refractivity contribution is 7.91. The van der Waals surface area contributed by atoms with Crippen LogP contribution in [0.25, 0.3) is 0 Å². The van der Waals surface area contributed by atoms with Gasteiger partial charge < -0.3 is 15.0 Å². The van der Waals surface area contributed by atoms with Gasteiger partial charge in [-0.15, -0.1) is 0 Å². The number of piperidine rings is 1. The lowest BCUT2D eigenvalue weighted by molar-refractivity contribution is -0.124. The van der Waals surface area contributed by atoms with Crippen LogP contribution in [0.1, 0.15) is 32.1 Å². The van der Waals surface area contributed by atoms with E-state index in [-0.39, 0.29) is 36.0 Å². The maximum atomic E-state index is 12.4. The molecule has 3 fully saturated rings. The number of nitrogens with one attached hydrogen (secondary N) is 1. The first-order valence-electron chi connectivity index (χ1n) is 10.7. The molecule has 1 N–H and O–H groups in total. The summed E-state index contributed by atoms with van der Waals surface area (Å²) in [6.45, 7) is 2.32. The molecular formula is C21H29N3O5S. The highest BCUT2D eigenvalue weighted by Crippen LogP contribution is 2.24. The van der Waals surface area contributed by atoms with Crippen LogP contribution < -0.4 is 15.0 Å². The minimum atomic E-state index is -3.15. The zero-order valence-corrected chi connectivity index (χ0v) is 17.9. The highest BCUT2D eigenvalue weighted by Gasteiger charge is 2.41. The average Bonchev–Trinajstić information content (AvgIpc) is 3.29. The van der Waals surface area contributed by atoms with Gasteiger partial charge in [0.2, 0.25) is 5.91 Å². The molecule has 3 heterocycles. The van der Waals surface area contributed by atoms with E-state index >= 15 is 0 Å². The van der Waals surface area contributed by atoms with Gasteiger partial charge in [-0.25, -0.2) is 8.42 Å². The summed E-state index contributed by atoms with van der Waals surface area (Å²) in [7, 11) is -3.15. The minimum Gasteiger partial charge on any atom is -0.484 e. The minimum absolute atomic E-state index is 0.0154. The van der Waals surface area contributed by atoms with Crippen molar-refractivity contribution in [3.8, 4) is 5.75 Å². The molecule has 1 aromatic rings. The van der Waals surface area contributed by atoms with Crippen molar-refractivity contribution >= 4 is 27.3 Å². The summed E-state index contributed by atoms with van der Waals surface area (Å²) in [6, 6.07) is 6.55. The first-order valence-corrected chi connectivity index (χ1v) is 12.5. The summed E-state index contributed by atoms with van der Waals surface area (Å²) >= 11 is 0. The van der Waals surface area contributed by atoms with E-state index in [4.69, 9.17) is 4.74 Å². The van der Waals surface area contributed by atoms with Crippen LogP contribution in [0, 0.1) is 0 Å². The third-order valence-corrected chi connectivity index (χ3v) is 7.84. The number of carbonyl (C=O) groups excluding carboxylic acids is 2. The lowest BCUT2D eigenvalue weighted by Crippen LogP contribution is -2.53. The van der Waals surface area contributed by atoms with Crippen LogP contribution in [-0.2, 0) is 19.4 Å². The first-order chi connectivity index (χ1) is 14.4. The van der Waals surface area contributed by atoms with Crippen LogP contribution in [0.3, 0.4) is 0 Å². The molecule has 0 aliphatic carbocycles. The fourth-order valence-electron chi connectivity index (χ4n) is 4.62. The molecule has 0 radical (unpaired) electrons. The Hall–Kier alpha value is -2.13. The SMILES string of the molecule is O=C(COc1ccc(N2CCCC2=O)cc1)NC1CS(=O)(=O)CC1N1CCCCC1. The molecule has 2 unspecified atom stereocenters. The van der Waals surface area contributed by atoms with Crippen molar-refractivity contribution in [2.45, 2.75) is 44.2 Å². The molecule has 2 amide bonds. The molecule has 3 aliphatic rings. The van der Waals surface area contributed by atoms with Gasteiger partial charge in [0.1, 0.15) is 5.75 Å². The molecule has 2 atom stereocenters. The number of sulfone groups is 1. The van der Waals surface area contributed by atoms with Crippen molar-refractivity contribution in [3.63, 3.8) is 0 Å². The Morgan fingerprint density at radius 3 is 2.43 bits per heavy atom. The Kier molecular flexibility index (Phi) is 6.29. The maximum Gasteiger partial charge on any atom is 0.258 e. The average molecular weight is 436 g/mol. The summed E-state index contributed by atoms with van der Waals surface area (Å²) in [5.41, 5.74) is 0.829. The van der Waals surface area contributed by atoms with Crippen LogP contribution in [-0.4, -0.2) is 75.0 Å². The topological polar surface area (TPSA) is 96.0 Å². The van der Waals surface area contributed by atoms with Crippen molar-refractivity contribution in [2.75, 3.05) is 42.6 Å². The molecule has 1 aromatic carbocycles. The molecular weight excluding hydrogens is 406 g/mol. The molecule has 0 bridgehead atoms. The molecule has 164 valence electrons. The molecule has 0 saturated carbocycles. The Balaban J connectivity index is 1.31. The monoisotopic (exact) mass is 435 g/mol. The van der Waals surface area contributed by atoms with Gasteiger partial charge in [-0.1, -0.05) is 6.42 Å². The fourth-order valence-corrected chi connectivity index (χ4v) is 6.57. The predicted molar refractivity (Wildman–Crippen MR) is 113 cm³/mol. The molecule has 0 spiro atoms. The number of amides is 2. The largest absolute Gasteiger partial charge is 0.484 e. The van der Waals surface area contributed by atoms with Crippen LogP contribution >= 0.6 is 0 Å². The number of hydrogen-bond acceptors (Lipinski definition) is 6. The fraction of sp³-hybridized carbons (Fsp3) is 0.619. The van der Waals surface area contributed by atoms with Crippen LogP contribution in [0.2, 0.25) is 0 Å².